The number of anilines is 2. The van der Waals surface area contributed by atoms with Crippen LogP contribution in [0.25, 0.3) is 11.3 Å². The van der Waals surface area contributed by atoms with Gasteiger partial charge in [-0.15, -0.1) is 0 Å². The van der Waals surface area contributed by atoms with Crippen LogP contribution in [0.3, 0.4) is 0 Å². The number of hydrogen-bond acceptors (Lipinski definition) is 5. The lowest BCUT2D eigenvalue weighted by Crippen LogP contribution is -2.29. The van der Waals surface area contributed by atoms with Crippen molar-refractivity contribution < 1.29 is 0 Å². The van der Waals surface area contributed by atoms with Crippen molar-refractivity contribution in [3.63, 3.8) is 0 Å². The maximum atomic E-state index is 4.88. The Hall–Kier alpha value is -2.79. The summed E-state index contributed by atoms with van der Waals surface area (Å²) in [6, 6.07) is 14.4. The van der Waals surface area contributed by atoms with Gasteiger partial charge >= 0.3 is 0 Å². The summed E-state index contributed by atoms with van der Waals surface area (Å²) in [6.45, 7) is 4.18. The van der Waals surface area contributed by atoms with Gasteiger partial charge in [-0.05, 0) is 49.6 Å². The zero-order chi connectivity index (χ0) is 18.5. The Bertz CT molecular complexity index is 888. The smallest absolute Gasteiger partial charge is 0.135 e. The first-order valence-electron chi connectivity index (χ1n) is 9.68. The second kappa shape index (κ2) is 8.27. The van der Waals surface area contributed by atoms with Crippen LogP contribution in [-0.2, 0) is 6.42 Å². The molecule has 5 nitrogen and oxygen atoms in total. The lowest BCUT2D eigenvalue weighted by molar-refractivity contribution is 0.447. The first-order valence-corrected chi connectivity index (χ1v) is 9.68. The van der Waals surface area contributed by atoms with Gasteiger partial charge in [0.2, 0.25) is 0 Å². The summed E-state index contributed by atoms with van der Waals surface area (Å²) in [4.78, 5) is 14.0. The van der Waals surface area contributed by atoms with Crippen LogP contribution in [0.1, 0.15) is 37.1 Å². The van der Waals surface area contributed by atoms with Gasteiger partial charge < -0.3 is 10.6 Å². The number of rotatable bonds is 5. The highest BCUT2D eigenvalue weighted by Gasteiger charge is 2.20. The molecule has 2 N–H and O–H groups in total. The minimum Gasteiger partial charge on any atom is -0.340 e. The Labute approximate surface area is 160 Å². The molecule has 1 saturated heterocycles. The van der Waals surface area contributed by atoms with E-state index in [1.54, 1.807) is 6.20 Å². The minimum absolute atomic E-state index is 0.345. The van der Waals surface area contributed by atoms with Crippen LogP contribution in [0.5, 0.6) is 0 Å². The highest BCUT2D eigenvalue weighted by atomic mass is 15.0. The monoisotopic (exact) mass is 359 g/mol. The van der Waals surface area contributed by atoms with Crippen molar-refractivity contribution in [1.82, 2.24) is 20.3 Å². The molecule has 1 fully saturated rings. The molecular formula is C22H25N5. The second-order valence-corrected chi connectivity index (χ2v) is 6.92. The molecule has 1 aliphatic rings. The SMILES string of the molecule is CCc1ccccc1Nc1cc(-c2cccnc2)nc(C2CCCNC2)n1. The van der Waals surface area contributed by atoms with Crippen molar-refractivity contribution in [2.75, 3.05) is 18.4 Å². The summed E-state index contributed by atoms with van der Waals surface area (Å²) < 4.78 is 0. The topological polar surface area (TPSA) is 62.7 Å². The Morgan fingerprint density at radius 2 is 2.07 bits per heavy atom. The molecule has 2 aromatic heterocycles. The van der Waals surface area contributed by atoms with Gasteiger partial charge in [0.25, 0.3) is 0 Å². The summed E-state index contributed by atoms with van der Waals surface area (Å²) in [5, 5.41) is 6.99. The van der Waals surface area contributed by atoms with E-state index in [0.717, 1.165) is 60.9 Å². The Kier molecular flexibility index (Phi) is 5.39. The first-order chi connectivity index (χ1) is 13.3. The van der Waals surface area contributed by atoms with Crippen LogP contribution >= 0.6 is 0 Å². The van der Waals surface area contributed by atoms with Gasteiger partial charge in [0.05, 0.1) is 5.69 Å². The van der Waals surface area contributed by atoms with Crippen molar-refractivity contribution >= 4 is 11.5 Å². The molecule has 1 atom stereocenters. The quantitative estimate of drug-likeness (QED) is 0.711. The van der Waals surface area contributed by atoms with Crippen LogP contribution in [0.15, 0.2) is 54.9 Å². The molecule has 3 heterocycles. The number of piperidine rings is 1. The fourth-order valence-corrected chi connectivity index (χ4v) is 3.54. The van der Waals surface area contributed by atoms with Crippen molar-refractivity contribution in [3.05, 3.63) is 66.2 Å². The number of aryl methyl sites for hydroxylation is 1. The van der Waals surface area contributed by atoms with Crippen molar-refractivity contribution in [2.45, 2.75) is 32.1 Å². The summed E-state index contributed by atoms with van der Waals surface area (Å²) in [5.41, 5.74) is 4.30. The predicted molar refractivity (Wildman–Crippen MR) is 109 cm³/mol. The van der Waals surface area contributed by atoms with Crippen LogP contribution < -0.4 is 10.6 Å². The van der Waals surface area contributed by atoms with E-state index in [0.29, 0.717) is 5.92 Å². The molecule has 3 aromatic rings. The van der Waals surface area contributed by atoms with Gasteiger partial charge in [0, 0.05) is 42.2 Å². The average Bonchev–Trinajstić information content (AvgIpc) is 2.75. The van der Waals surface area contributed by atoms with Crippen LogP contribution in [0.4, 0.5) is 11.5 Å². The zero-order valence-electron chi connectivity index (χ0n) is 15.7. The zero-order valence-corrected chi connectivity index (χ0v) is 15.7. The second-order valence-electron chi connectivity index (χ2n) is 6.92. The third kappa shape index (κ3) is 4.14. The minimum atomic E-state index is 0.345. The normalized spacial score (nSPS) is 16.9. The Morgan fingerprint density at radius 1 is 1.15 bits per heavy atom. The number of hydrogen-bond donors (Lipinski definition) is 2. The van der Waals surface area contributed by atoms with E-state index in [2.05, 4.69) is 46.8 Å². The molecule has 138 valence electrons. The maximum absolute atomic E-state index is 4.88. The summed E-state index contributed by atoms with van der Waals surface area (Å²) in [5.74, 6) is 2.09. The molecule has 0 spiro atoms. The lowest BCUT2D eigenvalue weighted by atomic mass is 9.98. The Balaban J connectivity index is 1.73. The molecule has 1 unspecified atom stereocenters. The summed E-state index contributed by atoms with van der Waals surface area (Å²) >= 11 is 0. The number of para-hydroxylation sites is 1. The molecule has 0 aliphatic carbocycles. The van der Waals surface area contributed by atoms with Crippen LogP contribution in [-0.4, -0.2) is 28.0 Å². The van der Waals surface area contributed by atoms with Gasteiger partial charge in [-0.25, -0.2) is 9.97 Å². The van der Waals surface area contributed by atoms with E-state index in [9.17, 15) is 0 Å². The van der Waals surface area contributed by atoms with E-state index < -0.39 is 0 Å². The average molecular weight is 359 g/mol. The first kappa shape index (κ1) is 17.6. The fraction of sp³-hybridized carbons (Fsp3) is 0.318. The van der Waals surface area contributed by atoms with Gasteiger partial charge in [-0.1, -0.05) is 25.1 Å². The molecule has 0 amide bonds. The highest BCUT2D eigenvalue weighted by Crippen LogP contribution is 2.28. The number of nitrogens with zero attached hydrogens (tertiary/aromatic N) is 3. The third-order valence-corrected chi connectivity index (χ3v) is 5.02. The van der Waals surface area contributed by atoms with Crippen LogP contribution in [0.2, 0.25) is 0 Å². The summed E-state index contributed by atoms with van der Waals surface area (Å²) in [6.07, 6.45) is 6.90. The van der Waals surface area contributed by atoms with E-state index in [1.165, 1.54) is 5.56 Å². The largest absolute Gasteiger partial charge is 0.340 e. The molecule has 0 radical (unpaired) electrons. The van der Waals surface area contributed by atoms with Crippen molar-refractivity contribution in [2.24, 2.45) is 0 Å². The van der Waals surface area contributed by atoms with Gasteiger partial charge in [0.15, 0.2) is 0 Å². The molecule has 5 heteroatoms. The molecular weight excluding hydrogens is 334 g/mol. The maximum Gasteiger partial charge on any atom is 0.135 e. The highest BCUT2D eigenvalue weighted by molar-refractivity contribution is 5.66. The lowest BCUT2D eigenvalue weighted by Gasteiger charge is -2.22. The molecule has 27 heavy (non-hydrogen) atoms. The third-order valence-electron chi connectivity index (χ3n) is 5.02. The van der Waals surface area contributed by atoms with Crippen molar-refractivity contribution in [3.8, 4) is 11.3 Å². The number of aromatic nitrogens is 3. The Morgan fingerprint density at radius 3 is 2.85 bits per heavy atom. The number of pyridine rings is 1. The summed E-state index contributed by atoms with van der Waals surface area (Å²) in [7, 11) is 0. The van der Waals surface area contributed by atoms with E-state index >= 15 is 0 Å². The van der Waals surface area contributed by atoms with Crippen LogP contribution in [0, 0.1) is 0 Å². The molecule has 1 aliphatic heterocycles. The van der Waals surface area contributed by atoms with Gasteiger partial charge in [-0.2, -0.15) is 0 Å². The molecule has 4 rings (SSSR count). The molecule has 0 bridgehead atoms. The number of benzene rings is 1. The predicted octanol–water partition coefficient (Wildman–Crippen LogP) is 4.31. The molecule has 1 aromatic carbocycles. The standard InChI is InChI=1S/C22H25N5/c1-2-16-7-3-4-10-19(16)25-21-13-20(17-8-5-11-23-14-17)26-22(27-21)18-9-6-12-24-15-18/h3-5,7-8,10-11,13-14,18,24H,2,6,9,12,15H2,1H3,(H,25,26,27). The van der Waals surface area contributed by atoms with Gasteiger partial charge in [-0.3, -0.25) is 4.98 Å². The fourth-order valence-electron chi connectivity index (χ4n) is 3.54. The molecule has 0 saturated carbocycles. The van der Waals surface area contributed by atoms with E-state index in [1.807, 2.05) is 24.4 Å². The van der Waals surface area contributed by atoms with Gasteiger partial charge in [0.1, 0.15) is 11.6 Å². The number of nitrogens with one attached hydrogen (secondary N) is 2. The van der Waals surface area contributed by atoms with Crippen molar-refractivity contribution in [1.29, 1.82) is 0 Å². The van der Waals surface area contributed by atoms with E-state index in [-0.39, 0.29) is 0 Å². The van der Waals surface area contributed by atoms with E-state index in [4.69, 9.17) is 9.97 Å².